The van der Waals surface area contributed by atoms with Crippen LogP contribution in [0.3, 0.4) is 0 Å². The van der Waals surface area contributed by atoms with Crippen molar-refractivity contribution < 1.29 is 13.5 Å². The average molecular weight is 325 g/mol. The second-order valence-corrected chi connectivity index (χ2v) is 7.03. The maximum absolute atomic E-state index is 12.6. The van der Waals surface area contributed by atoms with Crippen molar-refractivity contribution in [1.82, 2.24) is 4.31 Å². The molecule has 0 aliphatic heterocycles. The molecule has 0 amide bonds. The van der Waals surface area contributed by atoms with Crippen molar-refractivity contribution in [3.63, 3.8) is 0 Å². The van der Waals surface area contributed by atoms with Crippen LogP contribution in [-0.2, 0) is 10.0 Å². The number of anilines is 1. The molecule has 0 aromatic heterocycles. The lowest BCUT2D eigenvalue weighted by Gasteiger charge is -2.22. The average Bonchev–Trinajstić information content (AvgIpc) is 3.07. The van der Waals surface area contributed by atoms with Gasteiger partial charge in [-0.2, -0.15) is 4.31 Å². The van der Waals surface area contributed by atoms with Crippen molar-refractivity contribution in [1.29, 1.82) is 0 Å². The van der Waals surface area contributed by atoms with Crippen LogP contribution in [0.5, 0.6) is 0 Å². The van der Waals surface area contributed by atoms with E-state index in [4.69, 9.17) is 34.0 Å². The Bertz CT molecular complexity index is 565. The van der Waals surface area contributed by atoms with E-state index < -0.39 is 10.0 Å². The molecule has 2 rings (SSSR count). The van der Waals surface area contributed by atoms with E-state index in [0.29, 0.717) is 5.69 Å². The normalized spacial score (nSPS) is 16.0. The van der Waals surface area contributed by atoms with Gasteiger partial charge in [0.1, 0.15) is 4.90 Å². The number of benzene rings is 1. The SMILES string of the molecule is Nc1cc(Cl)c(S(=O)(=O)N(CCO)C2CC2)c(Cl)c1. The summed E-state index contributed by atoms with van der Waals surface area (Å²) in [5.41, 5.74) is 5.86. The van der Waals surface area contributed by atoms with E-state index in [2.05, 4.69) is 0 Å². The van der Waals surface area contributed by atoms with Gasteiger partial charge >= 0.3 is 0 Å². The highest BCUT2D eigenvalue weighted by atomic mass is 35.5. The number of aliphatic hydroxyl groups excluding tert-OH is 1. The summed E-state index contributed by atoms with van der Waals surface area (Å²) in [4.78, 5) is -0.148. The van der Waals surface area contributed by atoms with Crippen LogP contribution in [0.4, 0.5) is 5.69 Å². The number of halogens is 2. The minimum atomic E-state index is -3.82. The number of sulfonamides is 1. The lowest BCUT2D eigenvalue weighted by Crippen LogP contribution is -2.35. The smallest absolute Gasteiger partial charge is 0.246 e. The quantitative estimate of drug-likeness (QED) is 0.808. The third-order valence-electron chi connectivity index (χ3n) is 2.86. The first-order valence-corrected chi connectivity index (χ1v) is 7.94. The minimum Gasteiger partial charge on any atom is -0.399 e. The topological polar surface area (TPSA) is 83.6 Å². The van der Waals surface area contributed by atoms with Crippen LogP contribution >= 0.6 is 23.2 Å². The number of hydrogen-bond donors (Lipinski definition) is 2. The first-order valence-electron chi connectivity index (χ1n) is 5.75. The molecule has 8 heteroatoms. The molecule has 0 radical (unpaired) electrons. The number of nitrogens with two attached hydrogens (primary N) is 1. The Morgan fingerprint density at radius 2 is 1.84 bits per heavy atom. The van der Waals surface area contributed by atoms with Crippen LogP contribution in [-0.4, -0.2) is 37.0 Å². The Labute approximate surface area is 122 Å². The van der Waals surface area contributed by atoms with E-state index in [9.17, 15) is 8.42 Å². The van der Waals surface area contributed by atoms with Crippen molar-refractivity contribution in [2.75, 3.05) is 18.9 Å². The summed E-state index contributed by atoms with van der Waals surface area (Å²) in [6.07, 6.45) is 1.56. The molecule has 5 nitrogen and oxygen atoms in total. The van der Waals surface area contributed by atoms with Gasteiger partial charge in [0, 0.05) is 18.3 Å². The van der Waals surface area contributed by atoms with E-state index in [1.165, 1.54) is 16.4 Å². The van der Waals surface area contributed by atoms with Gasteiger partial charge in [0.05, 0.1) is 16.7 Å². The maximum atomic E-state index is 12.6. The van der Waals surface area contributed by atoms with Gasteiger partial charge in [-0.25, -0.2) is 8.42 Å². The third-order valence-corrected chi connectivity index (χ3v) is 5.74. The van der Waals surface area contributed by atoms with Crippen LogP contribution in [0.25, 0.3) is 0 Å². The number of aliphatic hydroxyl groups is 1. The summed E-state index contributed by atoms with van der Waals surface area (Å²) in [5.74, 6) is 0. The molecular formula is C11H14Cl2N2O3S. The minimum absolute atomic E-state index is 0.00594. The zero-order chi connectivity index (χ0) is 14.2. The van der Waals surface area contributed by atoms with Gasteiger partial charge in [0.15, 0.2) is 0 Å². The zero-order valence-corrected chi connectivity index (χ0v) is 12.3. The predicted octanol–water partition coefficient (Wildman–Crippen LogP) is 1.72. The fourth-order valence-electron chi connectivity index (χ4n) is 1.90. The monoisotopic (exact) mass is 324 g/mol. The fraction of sp³-hybridized carbons (Fsp3) is 0.455. The van der Waals surface area contributed by atoms with E-state index in [1.54, 1.807) is 0 Å². The van der Waals surface area contributed by atoms with Crippen molar-refractivity contribution in [3.05, 3.63) is 22.2 Å². The Balaban J connectivity index is 2.49. The van der Waals surface area contributed by atoms with Gasteiger partial charge in [0.2, 0.25) is 10.0 Å². The van der Waals surface area contributed by atoms with Gasteiger partial charge in [-0.1, -0.05) is 23.2 Å². The van der Waals surface area contributed by atoms with E-state index in [1.807, 2.05) is 0 Å². The van der Waals surface area contributed by atoms with Gasteiger partial charge in [0.25, 0.3) is 0 Å². The molecule has 1 aromatic rings. The first-order chi connectivity index (χ1) is 8.87. The Kier molecular flexibility index (Phi) is 4.27. The molecule has 3 N–H and O–H groups in total. The molecule has 1 saturated carbocycles. The van der Waals surface area contributed by atoms with Gasteiger partial charge < -0.3 is 10.8 Å². The van der Waals surface area contributed by atoms with Crippen LogP contribution in [0.2, 0.25) is 10.0 Å². The van der Waals surface area contributed by atoms with Crippen LogP contribution in [0, 0.1) is 0 Å². The molecule has 1 aromatic carbocycles. The lowest BCUT2D eigenvalue weighted by molar-refractivity contribution is 0.250. The highest BCUT2D eigenvalue weighted by Crippen LogP contribution is 2.38. The Morgan fingerprint density at radius 3 is 2.26 bits per heavy atom. The largest absolute Gasteiger partial charge is 0.399 e. The fourth-order valence-corrected chi connectivity index (χ4v) is 4.76. The second-order valence-electron chi connectivity index (χ2n) is 4.38. The van der Waals surface area contributed by atoms with Crippen LogP contribution in [0.15, 0.2) is 17.0 Å². The van der Waals surface area contributed by atoms with Crippen molar-refractivity contribution in [2.45, 2.75) is 23.8 Å². The zero-order valence-electron chi connectivity index (χ0n) is 10.0. The summed E-state index contributed by atoms with van der Waals surface area (Å²) in [7, 11) is -3.82. The molecule has 1 fully saturated rings. The lowest BCUT2D eigenvalue weighted by atomic mass is 10.3. The first kappa shape index (κ1) is 14.9. The van der Waals surface area contributed by atoms with Crippen molar-refractivity contribution >= 4 is 38.9 Å². The molecule has 19 heavy (non-hydrogen) atoms. The summed E-state index contributed by atoms with van der Waals surface area (Å²) >= 11 is 11.9. The molecule has 0 heterocycles. The molecular weight excluding hydrogens is 311 g/mol. The number of hydrogen-bond acceptors (Lipinski definition) is 4. The molecule has 0 bridgehead atoms. The summed E-state index contributed by atoms with van der Waals surface area (Å²) in [6, 6.07) is 2.62. The molecule has 106 valence electrons. The molecule has 1 aliphatic carbocycles. The van der Waals surface area contributed by atoms with Crippen LogP contribution in [0.1, 0.15) is 12.8 Å². The summed E-state index contributed by atoms with van der Waals surface area (Å²) in [6.45, 7) is -0.218. The van der Waals surface area contributed by atoms with E-state index >= 15 is 0 Å². The maximum Gasteiger partial charge on any atom is 0.246 e. The summed E-state index contributed by atoms with van der Waals surface area (Å²) < 4.78 is 26.4. The number of nitrogens with zero attached hydrogens (tertiary/aromatic N) is 1. The molecule has 1 aliphatic rings. The van der Waals surface area contributed by atoms with Crippen LogP contribution < -0.4 is 5.73 Å². The third kappa shape index (κ3) is 2.98. The van der Waals surface area contributed by atoms with E-state index in [-0.39, 0.29) is 34.1 Å². The molecule has 0 atom stereocenters. The molecule has 0 saturated heterocycles. The summed E-state index contributed by atoms with van der Waals surface area (Å²) in [5, 5.41) is 9.00. The second kappa shape index (κ2) is 5.46. The van der Waals surface area contributed by atoms with Gasteiger partial charge in [-0.15, -0.1) is 0 Å². The highest BCUT2D eigenvalue weighted by Gasteiger charge is 2.39. The van der Waals surface area contributed by atoms with Gasteiger partial charge in [-0.05, 0) is 25.0 Å². The Morgan fingerprint density at radius 1 is 1.32 bits per heavy atom. The Hall–Kier alpha value is -0.530. The van der Waals surface area contributed by atoms with E-state index in [0.717, 1.165) is 12.8 Å². The van der Waals surface area contributed by atoms with Gasteiger partial charge in [-0.3, -0.25) is 0 Å². The number of nitrogen functional groups attached to an aromatic ring is 1. The number of rotatable bonds is 5. The predicted molar refractivity (Wildman–Crippen MR) is 74.9 cm³/mol. The molecule has 0 spiro atoms. The van der Waals surface area contributed by atoms with Crippen molar-refractivity contribution in [2.24, 2.45) is 0 Å². The van der Waals surface area contributed by atoms with Crippen molar-refractivity contribution in [3.8, 4) is 0 Å². The molecule has 0 unspecified atom stereocenters. The highest BCUT2D eigenvalue weighted by molar-refractivity contribution is 7.89. The standard InChI is InChI=1S/C11H14Cl2N2O3S/c12-9-5-7(14)6-10(13)11(9)19(17,18)15(3-4-16)8-1-2-8/h5-6,8,16H,1-4,14H2.